The van der Waals surface area contributed by atoms with Crippen LogP contribution in [0.3, 0.4) is 0 Å². The minimum Gasteiger partial charge on any atom is -0.256 e. The maximum atomic E-state index is 4.67. The SMILES string of the molecule is CSc1ccc(/C(=C\C2CCCC2)c2ccc(C)cn2)cc1. The lowest BCUT2D eigenvalue weighted by Gasteiger charge is -2.12. The second kappa shape index (κ2) is 7.15. The van der Waals surface area contributed by atoms with Gasteiger partial charge in [-0.15, -0.1) is 11.8 Å². The van der Waals surface area contributed by atoms with E-state index in [-0.39, 0.29) is 0 Å². The standard InChI is InChI=1S/C20H23NS/c1-15-7-12-20(21-14-15)19(13-16-5-3-4-6-16)17-8-10-18(22-2)11-9-17/h7-14,16H,3-6H2,1-2H3/b19-13+. The Balaban J connectivity index is 1.99. The highest BCUT2D eigenvalue weighted by molar-refractivity contribution is 7.98. The van der Waals surface area contributed by atoms with Crippen LogP contribution < -0.4 is 0 Å². The summed E-state index contributed by atoms with van der Waals surface area (Å²) in [6.07, 6.45) is 11.9. The summed E-state index contributed by atoms with van der Waals surface area (Å²) < 4.78 is 0. The van der Waals surface area contributed by atoms with Gasteiger partial charge in [0.1, 0.15) is 0 Å². The van der Waals surface area contributed by atoms with Crippen molar-refractivity contribution in [2.45, 2.75) is 37.5 Å². The van der Waals surface area contributed by atoms with Gasteiger partial charge in [0.15, 0.2) is 0 Å². The van der Waals surface area contributed by atoms with E-state index in [9.17, 15) is 0 Å². The number of hydrogen-bond donors (Lipinski definition) is 0. The predicted molar refractivity (Wildman–Crippen MR) is 96.2 cm³/mol. The van der Waals surface area contributed by atoms with Gasteiger partial charge < -0.3 is 0 Å². The van der Waals surface area contributed by atoms with Crippen molar-refractivity contribution in [3.63, 3.8) is 0 Å². The van der Waals surface area contributed by atoms with E-state index in [1.54, 1.807) is 11.8 Å². The number of aromatic nitrogens is 1. The Hall–Kier alpha value is -1.54. The first-order chi connectivity index (χ1) is 10.8. The fraction of sp³-hybridized carbons (Fsp3) is 0.350. The molecule has 1 nitrogen and oxygen atoms in total. The zero-order valence-electron chi connectivity index (χ0n) is 13.4. The summed E-state index contributed by atoms with van der Waals surface area (Å²) >= 11 is 1.78. The number of hydrogen-bond acceptors (Lipinski definition) is 2. The first-order valence-corrected chi connectivity index (χ1v) is 9.28. The highest BCUT2D eigenvalue weighted by Gasteiger charge is 2.15. The predicted octanol–water partition coefficient (Wildman–Crippen LogP) is 5.73. The van der Waals surface area contributed by atoms with Crippen molar-refractivity contribution < 1.29 is 0 Å². The van der Waals surface area contributed by atoms with E-state index < -0.39 is 0 Å². The molecule has 3 rings (SSSR count). The van der Waals surface area contributed by atoms with Crippen LogP contribution >= 0.6 is 11.8 Å². The van der Waals surface area contributed by atoms with Crippen molar-refractivity contribution >= 4 is 17.3 Å². The van der Waals surface area contributed by atoms with E-state index in [0.29, 0.717) is 5.92 Å². The third-order valence-electron chi connectivity index (χ3n) is 4.39. The van der Waals surface area contributed by atoms with Crippen LogP contribution in [-0.2, 0) is 0 Å². The van der Waals surface area contributed by atoms with Crippen LogP contribution in [0.25, 0.3) is 5.57 Å². The molecule has 0 radical (unpaired) electrons. The van der Waals surface area contributed by atoms with Crippen molar-refractivity contribution in [3.8, 4) is 0 Å². The summed E-state index contributed by atoms with van der Waals surface area (Å²) in [5, 5.41) is 0. The number of aryl methyl sites for hydroxylation is 1. The van der Waals surface area contributed by atoms with Crippen LogP contribution in [-0.4, -0.2) is 11.2 Å². The Morgan fingerprint density at radius 1 is 1.09 bits per heavy atom. The van der Waals surface area contributed by atoms with Crippen molar-refractivity contribution in [1.29, 1.82) is 0 Å². The van der Waals surface area contributed by atoms with Gasteiger partial charge in [-0.2, -0.15) is 0 Å². The molecule has 0 spiro atoms. The van der Waals surface area contributed by atoms with Gasteiger partial charge in [-0.1, -0.05) is 37.1 Å². The summed E-state index contributed by atoms with van der Waals surface area (Å²) in [7, 11) is 0. The number of rotatable bonds is 4. The number of pyridine rings is 1. The molecular formula is C20H23NS. The Labute approximate surface area is 137 Å². The zero-order valence-corrected chi connectivity index (χ0v) is 14.2. The minimum atomic E-state index is 0.707. The average Bonchev–Trinajstić information content (AvgIpc) is 3.07. The van der Waals surface area contributed by atoms with E-state index in [1.165, 1.54) is 47.3 Å². The van der Waals surface area contributed by atoms with Gasteiger partial charge in [0.25, 0.3) is 0 Å². The quantitative estimate of drug-likeness (QED) is 0.669. The molecule has 0 N–H and O–H groups in total. The Bertz CT molecular complexity index is 634. The maximum absolute atomic E-state index is 4.67. The number of thioether (sulfide) groups is 1. The topological polar surface area (TPSA) is 12.9 Å². The van der Waals surface area contributed by atoms with Crippen molar-refractivity contribution in [1.82, 2.24) is 4.98 Å². The molecule has 1 aliphatic rings. The van der Waals surface area contributed by atoms with Gasteiger partial charge in [0.05, 0.1) is 5.69 Å². The summed E-state index contributed by atoms with van der Waals surface area (Å²) in [6, 6.07) is 13.2. The third-order valence-corrected chi connectivity index (χ3v) is 5.13. The van der Waals surface area contributed by atoms with Crippen LogP contribution in [0.1, 0.15) is 42.5 Å². The highest BCUT2D eigenvalue weighted by Crippen LogP contribution is 2.32. The van der Waals surface area contributed by atoms with Crippen LogP contribution in [0.4, 0.5) is 0 Å². The lowest BCUT2D eigenvalue weighted by Crippen LogP contribution is -1.96. The Kier molecular flexibility index (Phi) is 4.99. The molecule has 1 fully saturated rings. The Morgan fingerprint density at radius 2 is 1.82 bits per heavy atom. The summed E-state index contributed by atoms with van der Waals surface area (Å²) in [4.78, 5) is 5.97. The number of nitrogens with zero attached hydrogens (tertiary/aromatic N) is 1. The first-order valence-electron chi connectivity index (χ1n) is 8.05. The molecule has 114 valence electrons. The molecule has 1 saturated carbocycles. The number of allylic oxidation sites excluding steroid dienone is 1. The first kappa shape index (κ1) is 15.4. The molecule has 2 heteroatoms. The zero-order chi connectivity index (χ0) is 15.4. The van der Waals surface area contributed by atoms with Crippen molar-refractivity contribution in [2.24, 2.45) is 5.92 Å². The molecule has 0 bridgehead atoms. The van der Waals surface area contributed by atoms with Crippen LogP contribution in [0, 0.1) is 12.8 Å². The molecule has 0 amide bonds. The van der Waals surface area contributed by atoms with Crippen LogP contribution in [0.2, 0.25) is 0 Å². The van der Waals surface area contributed by atoms with Crippen molar-refractivity contribution in [2.75, 3.05) is 6.26 Å². The van der Waals surface area contributed by atoms with Crippen molar-refractivity contribution in [3.05, 3.63) is 65.5 Å². The molecule has 1 aliphatic carbocycles. The van der Waals surface area contributed by atoms with Gasteiger partial charge in [0.2, 0.25) is 0 Å². The molecule has 0 atom stereocenters. The van der Waals surface area contributed by atoms with E-state index in [4.69, 9.17) is 0 Å². The fourth-order valence-electron chi connectivity index (χ4n) is 3.09. The van der Waals surface area contributed by atoms with E-state index in [1.807, 2.05) is 6.20 Å². The molecule has 1 heterocycles. The second-order valence-electron chi connectivity index (χ2n) is 6.07. The Morgan fingerprint density at radius 3 is 2.41 bits per heavy atom. The van der Waals surface area contributed by atoms with Gasteiger partial charge in [0, 0.05) is 16.7 Å². The lowest BCUT2D eigenvalue weighted by molar-refractivity contribution is 0.687. The van der Waals surface area contributed by atoms with Crippen LogP contribution in [0.5, 0.6) is 0 Å². The van der Waals surface area contributed by atoms with E-state index in [0.717, 1.165) is 5.69 Å². The molecule has 1 aromatic heterocycles. The van der Waals surface area contributed by atoms with E-state index in [2.05, 4.69) is 60.6 Å². The minimum absolute atomic E-state index is 0.707. The average molecular weight is 309 g/mol. The normalized spacial score (nSPS) is 16.2. The molecule has 0 aliphatic heterocycles. The second-order valence-corrected chi connectivity index (χ2v) is 6.95. The van der Waals surface area contributed by atoms with Crippen LogP contribution in [0.15, 0.2) is 53.6 Å². The summed E-state index contributed by atoms with van der Waals surface area (Å²) in [5.41, 5.74) is 4.87. The monoisotopic (exact) mass is 309 g/mol. The van der Waals surface area contributed by atoms with Gasteiger partial charge in [-0.25, -0.2) is 0 Å². The van der Waals surface area contributed by atoms with Gasteiger partial charge >= 0.3 is 0 Å². The summed E-state index contributed by atoms with van der Waals surface area (Å²) in [6.45, 7) is 2.09. The summed E-state index contributed by atoms with van der Waals surface area (Å²) in [5.74, 6) is 0.707. The maximum Gasteiger partial charge on any atom is 0.0705 e. The largest absolute Gasteiger partial charge is 0.256 e. The molecule has 0 unspecified atom stereocenters. The fourth-order valence-corrected chi connectivity index (χ4v) is 3.50. The van der Waals surface area contributed by atoms with Gasteiger partial charge in [-0.3, -0.25) is 4.98 Å². The molecule has 1 aromatic carbocycles. The molecular weight excluding hydrogens is 286 g/mol. The van der Waals surface area contributed by atoms with E-state index >= 15 is 0 Å². The molecule has 2 aromatic rings. The number of benzene rings is 1. The lowest BCUT2D eigenvalue weighted by atomic mass is 9.96. The smallest absolute Gasteiger partial charge is 0.0705 e. The molecule has 0 saturated heterocycles. The third kappa shape index (κ3) is 3.61. The van der Waals surface area contributed by atoms with Gasteiger partial charge in [-0.05, 0) is 61.3 Å². The molecule has 22 heavy (non-hydrogen) atoms. The highest BCUT2D eigenvalue weighted by atomic mass is 32.2.